The standard InChI is InChI=1S/C17H14N4O4S/c1-26(22,23)24-7-6-21-12-8-11-16(19-9-18-11)17-14(12)15(20-21)10-4-2-3-5-13(10)25-17/h2-5,8-9,20H,6-7H2,1H3. The first kappa shape index (κ1) is 15.4. The molecule has 2 aromatic carbocycles. The molecule has 0 unspecified atom stereocenters. The number of nitrogens with zero attached hydrogens (tertiary/aromatic N) is 3. The van der Waals surface area contributed by atoms with E-state index >= 15 is 0 Å². The van der Waals surface area contributed by atoms with Crippen LogP contribution in [-0.2, 0) is 20.8 Å². The SMILES string of the molecule is CS(=O)(=O)OCCn1[nH]c2c3ccccc3oc3c4ncnc4cc1c23. The Kier molecular flexibility index (Phi) is 3.12. The van der Waals surface area contributed by atoms with Gasteiger partial charge in [-0.15, -0.1) is 0 Å². The number of H-pyrrole nitrogens is 1. The van der Waals surface area contributed by atoms with Gasteiger partial charge in [0.15, 0.2) is 5.58 Å². The zero-order chi connectivity index (χ0) is 17.9. The highest BCUT2D eigenvalue weighted by Crippen LogP contribution is 2.36. The highest BCUT2D eigenvalue weighted by atomic mass is 32.2. The summed E-state index contributed by atoms with van der Waals surface area (Å²) in [5.41, 5.74) is 4.57. The molecule has 3 heterocycles. The maximum absolute atomic E-state index is 11.2. The van der Waals surface area contributed by atoms with Crippen LogP contribution in [0.3, 0.4) is 0 Å². The van der Waals surface area contributed by atoms with Crippen LogP contribution in [0.1, 0.15) is 0 Å². The Morgan fingerprint density at radius 2 is 2.12 bits per heavy atom. The van der Waals surface area contributed by atoms with E-state index in [1.165, 1.54) is 6.33 Å². The molecular formula is C17H14N4O4S. The van der Waals surface area contributed by atoms with Gasteiger partial charge in [-0.25, -0.2) is 9.97 Å². The molecule has 26 heavy (non-hydrogen) atoms. The molecule has 0 aliphatic rings. The molecule has 0 saturated heterocycles. The first-order valence-electron chi connectivity index (χ1n) is 7.99. The Bertz CT molecular complexity index is 1390. The molecule has 0 atom stereocenters. The third kappa shape index (κ3) is 2.28. The van der Waals surface area contributed by atoms with Gasteiger partial charge in [0.1, 0.15) is 17.4 Å². The molecule has 8 nitrogen and oxygen atoms in total. The Balaban J connectivity index is 1.81. The van der Waals surface area contributed by atoms with Gasteiger partial charge in [0, 0.05) is 5.39 Å². The zero-order valence-electron chi connectivity index (χ0n) is 13.8. The van der Waals surface area contributed by atoms with Gasteiger partial charge >= 0.3 is 0 Å². The van der Waals surface area contributed by atoms with E-state index < -0.39 is 10.1 Å². The largest absolute Gasteiger partial charge is 0.453 e. The fourth-order valence-electron chi connectivity index (χ4n) is 3.32. The minimum Gasteiger partial charge on any atom is -0.453 e. The van der Waals surface area contributed by atoms with Crippen molar-refractivity contribution in [2.24, 2.45) is 0 Å². The van der Waals surface area contributed by atoms with Crippen molar-refractivity contribution in [2.45, 2.75) is 6.54 Å². The fourth-order valence-corrected chi connectivity index (χ4v) is 3.70. The highest BCUT2D eigenvalue weighted by Gasteiger charge is 2.19. The number of benzene rings is 2. The average molecular weight is 370 g/mol. The summed E-state index contributed by atoms with van der Waals surface area (Å²) in [7, 11) is -3.49. The highest BCUT2D eigenvalue weighted by molar-refractivity contribution is 7.85. The normalized spacial score (nSPS) is 12.8. The molecule has 5 aromatic rings. The number of para-hydroxylation sites is 1. The van der Waals surface area contributed by atoms with E-state index in [0.29, 0.717) is 17.6 Å². The van der Waals surface area contributed by atoms with Crippen LogP contribution < -0.4 is 0 Å². The van der Waals surface area contributed by atoms with E-state index in [-0.39, 0.29) is 6.61 Å². The number of fused-ring (bicyclic) bond motifs is 4. The van der Waals surface area contributed by atoms with Crippen molar-refractivity contribution in [1.82, 2.24) is 19.7 Å². The molecule has 3 aromatic heterocycles. The molecule has 0 fully saturated rings. The van der Waals surface area contributed by atoms with Crippen molar-refractivity contribution in [1.29, 1.82) is 0 Å². The molecule has 0 bridgehead atoms. The third-order valence-corrected chi connectivity index (χ3v) is 4.96. The van der Waals surface area contributed by atoms with Crippen LogP contribution >= 0.6 is 0 Å². The second-order valence-electron chi connectivity index (χ2n) is 6.10. The van der Waals surface area contributed by atoms with Crippen LogP contribution in [-0.4, -0.2) is 41.0 Å². The summed E-state index contributed by atoms with van der Waals surface area (Å²) >= 11 is 0. The Morgan fingerprint density at radius 1 is 1.27 bits per heavy atom. The Labute approximate surface area is 147 Å². The van der Waals surface area contributed by atoms with Gasteiger partial charge in [-0.2, -0.15) is 8.42 Å². The first-order chi connectivity index (χ1) is 12.5. The summed E-state index contributed by atoms with van der Waals surface area (Å²) in [6.45, 7) is 0.367. The number of aromatic amines is 1. The lowest BCUT2D eigenvalue weighted by atomic mass is 10.1. The lowest BCUT2D eigenvalue weighted by Gasteiger charge is -2.05. The van der Waals surface area contributed by atoms with Crippen LogP contribution in [0.4, 0.5) is 0 Å². The maximum atomic E-state index is 11.2. The van der Waals surface area contributed by atoms with Gasteiger partial charge in [-0.05, 0) is 18.2 Å². The maximum Gasteiger partial charge on any atom is 0.264 e. The zero-order valence-corrected chi connectivity index (χ0v) is 14.6. The fraction of sp³-hybridized carbons (Fsp3) is 0.176. The van der Waals surface area contributed by atoms with E-state index in [9.17, 15) is 8.42 Å². The second kappa shape index (κ2) is 5.29. The third-order valence-electron chi connectivity index (χ3n) is 4.37. The molecule has 0 amide bonds. The average Bonchev–Trinajstić information content (AvgIpc) is 3.20. The molecule has 1 N–H and O–H groups in total. The molecule has 0 spiro atoms. The number of hydrogen-bond acceptors (Lipinski definition) is 6. The molecule has 0 aliphatic carbocycles. The van der Waals surface area contributed by atoms with Crippen molar-refractivity contribution in [2.75, 3.05) is 12.9 Å². The van der Waals surface area contributed by atoms with Gasteiger partial charge < -0.3 is 4.42 Å². The quantitative estimate of drug-likeness (QED) is 0.385. The lowest BCUT2D eigenvalue weighted by Crippen LogP contribution is -2.11. The van der Waals surface area contributed by atoms with Gasteiger partial charge in [-0.1, -0.05) is 12.1 Å². The van der Waals surface area contributed by atoms with Crippen molar-refractivity contribution < 1.29 is 17.0 Å². The Morgan fingerprint density at radius 3 is 2.96 bits per heavy atom. The van der Waals surface area contributed by atoms with Crippen molar-refractivity contribution in [3.8, 4) is 0 Å². The van der Waals surface area contributed by atoms with Crippen molar-refractivity contribution in [3.63, 3.8) is 0 Å². The topological polar surface area (TPSA) is 103 Å². The van der Waals surface area contributed by atoms with Gasteiger partial charge in [0.05, 0.1) is 41.3 Å². The Hall–Kier alpha value is -2.91. The predicted octanol–water partition coefficient (Wildman–Crippen LogP) is 2.79. The van der Waals surface area contributed by atoms with E-state index in [1.54, 1.807) is 0 Å². The summed E-state index contributed by atoms with van der Waals surface area (Å²) in [5, 5.41) is 5.18. The molecule has 9 heteroatoms. The van der Waals surface area contributed by atoms with Crippen LogP contribution in [0.25, 0.3) is 44.0 Å². The number of rotatable bonds is 4. The van der Waals surface area contributed by atoms with E-state index in [0.717, 1.165) is 39.2 Å². The minimum absolute atomic E-state index is 0.0289. The summed E-state index contributed by atoms with van der Waals surface area (Å²) < 4.78 is 35.3. The van der Waals surface area contributed by atoms with Crippen molar-refractivity contribution in [3.05, 3.63) is 36.7 Å². The summed E-state index contributed by atoms with van der Waals surface area (Å²) in [4.78, 5) is 8.61. The molecule has 5 rings (SSSR count). The van der Waals surface area contributed by atoms with Crippen LogP contribution in [0.15, 0.2) is 41.1 Å². The van der Waals surface area contributed by atoms with E-state index in [1.807, 2.05) is 35.0 Å². The lowest BCUT2D eigenvalue weighted by molar-refractivity contribution is 0.300. The molecular weight excluding hydrogens is 356 g/mol. The monoisotopic (exact) mass is 370 g/mol. The van der Waals surface area contributed by atoms with Crippen LogP contribution in [0.2, 0.25) is 0 Å². The van der Waals surface area contributed by atoms with Crippen molar-refractivity contribution >= 4 is 54.1 Å². The second-order valence-corrected chi connectivity index (χ2v) is 7.75. The van der Waals surface area contributed by atoms with Gasteiger partial charge in [-0.3, -0.25) is 14.0 Å². The molecule has 132 valence electrons. The first-order valence-corrected chi connectivity index (χ1v) is 9.80. The van der Waals surface area contributed by atoms with Gasteiger partial charge in [0.2, 0.25) is 0 Å². The number of imidazole rings is 1. The number of hydrogen-bond donors (Lipinski definition) is 1. The van der Waals surface area contributed by atoms with E-state index in [2.05, 4.69) is 15.1 Å². The molecule has 0 aliphatic heterocycles. The van der Waals surface area contributed by atoms with Gasteiger partial charge in [0.25, 0.3) is 10.1 Å². The molecule has 0 saturated carbocycles. The molecule has 0 radical (unpaired) electrons. The van der Waals surface area contributed by atoms with Crippen LogP contribution in [0.5, 0.6) is 0 Å². The summed E-state index contributed by atoms with van der Waals surface area (Å²) in [6.07, 6.45) is 2.54. The number of nitrogens with one attached hydrogen (secondary N) is 1. The van der Waals surface area contributed by atoms with E-state index in [4.69, 9.17) is 8.60 Å². The summed E-state index contributed by atoms with van der Waals surface area (Å²) in [6, 6.07) is 9.64. The smallest absolute Gasteiger partial charge is 0.264 e. The van der Waals surface area contributed by atoms with Crippen LogP contribution in [0, 0.1) is 0 Å². The number of aromatic nitrogens is 4. The minimum atomic E-state index is -3.49. The summed E-state index contributed by atoms with van der Waals surface area (Å²) in [5.74, 6) is 0. The predicted molar refractivity (Wildman–Crippen MR) is 97.5 cm³/mol.